The Balaban J connectivity index is 1.44. The summed E-state index contributed by atoms with van der Waals surface area (Å²) < 4.78 is 61.3. The lowest BCUT2D eigenvalue weighted by Gasteiger charge is -2.30. The molecule has 1 N–H and O–H groups in total. The third-order valence-corrected chi connectivity index (χ3v) is 6.84. The molecule has 1 aromatic carbocycles. The summed E-state index contributed by atoms with van der Waals surface area (Å²) in [5, 5.41) is 0. The summed E-state index contributed by atoms with van der Waals surface area (Å²) in [5.41, 5.74) is -0.526. The Morgan fingerprint density at radius 1 is 1.21 bits per heavy atom. The Kier molecular flexibility index (Phi) is 7.78. The van der Waals surface area contributed by atoms with E-state index in [-0.39, 0.29) is 19.6 Å². The van der Waals surface area contributed by atoms with Crippen LogP contribution in [0.1, 0.15) is 43.9 Å². The second kappa shape index (κ2) is 10.6. The molecule has 1 unspecified atom stereocenters. The Hall–Kier alpha value is -2.18. The van der Waals surface area contributed by atoms with Crippen molar-refractivity contribution in [2.45, 2.75) is 51.6 Å². The molecule has 2 saturated heterocycles. The molecule has 0 aliphatic carbocycles. The van der Waals surface area contributed by atoms with E-state index in [1.165, 1.54) is 0 Å². The van der Waals surface area contributed by atoms with Gasteiger partial charge in [0, 0.05) is 25.2 Å². The molecular formula is C21H26FN2O9P. The lowest BCUT2D eigenvalue weighted by molar-refractivity contribution is -0.141. The summed E-state index contributed by atoms with van der Waals surface area (Å²) in [6.07, 6.45) is -2.05. The molecular weight excluding hydrogens is 474 g/mol. The number of phosphoric acid groups is 1. The number of benzene rings is 1. The number of fused-ring (bicyclic) bond motifs is 1. The van der Waals surface area contributed by atoms with Gasteiger partial charge < -0.3 is 14.2 Å². The molecule has 0 amide bonds. The lowest BCUT2D eigenvalue weighted by Crippen LogP contribution is -2.34. The quantitative estimate of drug-likeness (QED) is 0.408. The van der Waals surface area contributed by atoms with Crippen LogP contribution in [-0.4, -0.2) is 41.6 Å². The van der Waals surface area contributed by atoms with Crippen LogP contribution in [0.25, 0.3) is 0 Å². The van der Waals surface area contributed by atoms with Crippen LogP contribution in [0.5, 0.6) is 0 Å². The minimum Gasteiger partial charge on any atom is -0.349 e. The number of hydrogen-bond donors (Lipinski definition) is 1. The molecule has 34 heavy (non-hydrogen) atoms. The summed E-state index contributed by atoms with van der Waals surface area (Å²) >= 11 is 0. The van der Waals surface area contributed by atoms with Crippen LogP contribution in [-0.2, 0) is 39.0 Å². The van der Waals surface area contributed by atoms with Gasteiger partial charge in [0.2, 0.25) is 5.82 Å². The third kappa shape index (κ3) is 5.38. The van der Waals surface area contributed by atoms with Crippen molar-refractivity contribution in [2.24, 2.45) is 0 Å². The molecule has 186 valence electrons. The molecule has 2 aromatic rings. The predicted molar refractivity (Wildman–Crippen MR) is 115 cm³/mol. The number of nitrogens with one attached hydrogen (secondary N) is 1. The monoisotopic (exact) mass is 500 g/mol. The maximum atomic E-state index is 13.7. The second-order valence-corrected chi connectivity index (χ2v) is 9.23. The van der Waals surface area contributed by atoms with Crippen LogP contribution in [0.15, 0.2) is 40.1 Å². The molecule has 2 aliphatic heterocycles. The molecule has 3 heterocycles. The first kappa shape index (κ1) is 24.9. The minimum atomic E-state index is -3.96. The topological polar surface area (TPSA) is 127 Å². The molecule has 0 saturated carbocycles. The van der Waals surface area contributed by atoms with E-state index in [2.05, 4.69) is 0 Å². The smallest absolute Gasteiger partial charge is 0.349 e. The van der Waals surface area contributed by atoms with Crippen molar-refractivity contribution in [3.8, 4) is 0 Å². The van der Waals surface area contributed by atoms with E-state index in [1.54, 1.807) is 6.07 Å². The number of rotatable bonds is 9. The largest absolute Gasteiger partial charge is 0.475 e. The van der Waals surface area contributed by atoms with Gasteiger partial charge in [0.25, 0.3) is 5.56 Å². The summed E-state index contributed by atoms with van der Waals surface area (Å²) in [4.78, 5) is 25.2. The molecule has 2 fully saturated rings. The Morgan fingerprint density at radius 3 is 2.68 bits per heavy atom. The highest BCUT2D eigenvalue weighted by molar-refractivity contribution is 7.48. The number of halogens is 1. The van der Waals surface area contributed by atoms with Crippen LogP contribution >= 0.6 is 7.82 Å². The van der Waals surface area contributed by atoms with Crippen LogP contribution in [0.3, 0.4) is 0 Å². The Labute approximate surface area is 194 Å². The summed E-state index contributed by atoms with van der Waals surface area (Å²) in [6, 6.07) is 7.27. The summed E-state index contributed by atoms with van der Waals surface area (Å²) in [6.45, 7) is 4.40. The van der Waals surface area contributed by atoms with Crippen molar-refractivity contribution in [3.05, 3.63) is 68.2 Å². The standard InChI is InChI=1S/C21H26FN2O9P/c1-3-28-20(29-4-2)14-8-6-5-7-13(14)11-30-34(27)31-12-17-16(33-34)9-18(32-17)24-10-15(22)19(25)23-21(24)26/h5-8,10,16-18,20H,3-4,9,11-12H2,1-2H3,(H,23,25,26)/t16-,17+,18+,34?/m0/s1. The number of aromatic amines is 1. The maximum absolute atomic E-state index is 13.7. The van der Waals surface area contributed by atoms with E-state index in [4.69, 9.17) is 27.8 Å². The summed E-state index contributed by atoms with van der Waals surface area (Å²) in [7, 11) is -3.96. The maximum Gasteiger partial charge on any atom is 0.475 e. The van der Waals surface area contributed by atoms with Gasteiger partial charge in [0.1, 0.15) is 18.4 Å². The highest BCUT2D eigenvalue weighted by Gasteiger charge is 2.48. The van der Waals surface area contributed by atoms with E-state index >= 15 is 0 Å². The zero-order valence-corrected chi connectivity index (χ0v) is 19.6. The van der Waals surface area contributed by atoms with Gasteiger partial charge in [-0.25, -0.2) is 9.36 Å². The van der Waals surface area contributed by atoms with E-state index in [0.717, 1.165) is 16.3 Å². The number of hydrogen-bond acceptors (Lipinski definition) is 9. The molecule has 4 rings (SSSR count). The van der Waals surface area contributed by atoms with E-state index in [0.29, 0.717) is 18.8 Å². The van der Waals surface area contributed by atoms with Crippen molar-refractivity contribution in [1.29, 1.82) is 0 Å². The number of ether oxygens (including phenoxy) is 3. The third-order valence-electron chi connectivity index (χ3n) is 5.40. The fraction of sp³-hybridized carbons (Fsp3) is 0.524. The average Bonchev–Trinajstić information content (AvgIpc) is 3.23. The van der Waals surface area contributed by atoms with Gasteiger partial charge in [0.05, 0.1) is 19.4 Å². The zero-order valence-electron chi connectivity index (χ0n) is 18.7. The molecule has 2 aliphatic rings. The second-order valence-electron chi connectivity index (χ2n) is 7.61. The van der Waals surface area contributed by atoms with Gasteiger partial charge in [-0.05, 0) is 19.4 Å². The van der Waals surface area contributed by atoms with Gasteiger partial charge in [-0.2, -0.15) is 4.39 Å². The van der Waals surface area contributed by atoms with Crippen LogP contribution in [0.2, 0.25) is 0 Å². The van der Waals surface area contributed by atoms with Crippen LogP contribution < -0.4 is 11.2 Å². The molecule has 0 spiro atoms. The highest BCUT2D eigenvalue weighted by Crippen LogP contribution is 2.57. The fourth-order valence-electron chi connectivity index (χ4n) is 3.81. The van der Waals surface area contributed by atoms with Crippen LogP contribution in [0, 0.1) is 5.82 Å². The molecule has 0 radical (unpaired) electrons. The molecule has 11 nitrogen and oxygen atoms in total. The first-order valence-electron chi connectivity index (χ1n) is 10.9. The number of aromatic nitrogens is 2. The molecule has 13 heteroatoms. The van der Waals surface area contributed by atoms with Crippen molar-refractivity contribution in [2.75, 3.05) is 19.8 Å². The molecule has 4 atom stereocenters. The van der Waals surface area contributed by atoms with E-state index in [9.17, 15) is 18.5 Å². The number of phosphoric ester groups is 1. The van der Waals surface area contributed by atoms with Gasteiger partial charge in [-0.3, -0.25) is 27.9 Å². The first-order valence-corrected chi connectivity index (χ1v) is 12.3. The highest BCUT2D eigenvalue weighted by atomic mass is 31.2. The number of nitrogens with zero attached hydrogens (tertiary/aromatic N) is 1. The Morgan fingerprint density at radius 2 is 1.94 bits per heavy atom. The molecule has 1 aromatic heterocycles. The SMILES string of the molecule is CCOC(OCC)c1ccccc1COP1(=O)OC[C@H]2O[C@@H](n3cc(F)c(=O)[nH]c3=O)C[C@@H]2O1. The van der Waals surface area contributed by atoms with Gasteiger partial charge in [-0.15, -0.1) is 0 Å². The van der Waals surface area contributed by atoms with Crippen molar-refractivity contribution in [3.63, 3.8) is 0 Å². The predicted octanol–water partition coefficient (Wildman–Crippen LogP) is 2.78. The lowest BCUT2D eigenvalue weighted by atomic mass is 10.1. The zero-order chi connectivity index (χ0) is 24.3. The van der Waals surface area contributed by atoms with Crippen molar-refractivity contribution < 1.29 is 36.7 Å². The normalized spacial score (nSPS) is 26.6. The number of H-pyrrole nitrogens is 1. The fourth-order valence-corrected chi connectivity index (χ4v) is 5.19. The van der Waals surface area contributed by atoms with Gasteiger partial charge in [-0.1, -0.05) is 24.3 Å². The molecule has 0 bridgehead atoms. The summed E-state index contributed by atoms with van der Waals surface area (Å²) in [5.74, 6) is -1.12. The van der Waals surface area contributed by atoms with Crippen molar-refractivity contribution >= 4 is 7.82 Å². The van der Waals surface area contributed by atoms with Gasteiger partial charge in [0.15, 0.2) is 6.29 Å². The van der Waals surface area contributed by atoms with E-state index in [1.807, 2.05) is 37.0 Å². The average molecular weight is 500 g/mol. The van der Waals surface area contributed by atoms with Crippen molar-refractivity contribution in [1.82, 2.24) is 9.55 Å². The Bertz CT molecular complexity index is 1160. The first-order chi connectivity index (χ1) is 16.3. The van der Waals surface area contributed by atoms with Gasteiger partial charge >= 0.3 is 13.5 Å². The van der Waals surface area contributed by atoms with Crippen LogP contribution in [0.4, 0.5) is 4.39 Å². The minimum absolute atomic E-state index is 0.0834. The van der Waals surface area contributed by atoms with E-state index < -0.39 is 49.6 Å².